The number of ether oxygens (including phenoxy) is 2. The highest BCUT2D eigenvalue weighted by molar-refractivity contribution is 5.87. The monoisotopic (exact) mass is 324 g/mol. The van der Waals surface area contributed by atoms with Crippen molar-refractivity contribution in [3.8, 4) is 11.5 Å². The Morgan fingerprint density at radius 3 is 2.22 bits per heavy atom. The third-order valence-corrected chi connectivity index (χ3v) is 2.48. The van der Waals surface area contributed by atoms with Crippen molar-refractivity contribution in [1.82, 2.24) is 10.9 Å². The lowest BCUT2D eigenvalue weighted by Crippen LogP contribution is -2.41. The number of hydrogen-bond acceptors (Lipinski definition) is 6. The quantitative estimate of drug-likeness (QED) is 0.372. The maximum absolute atomic E-state index is 11.5. The van der Waals surface area contributed by atoms with Crippen molar-refractivity contribution >= 4 is 17.8 Å². The number of nitrogens with one attached hydrogen (secondary N) is 2. The van der Waals surface area contributed by atoms with E-state index in [1.807, 2.05) is 0 Å². The van der Waals surface area contributed by atoms with E-state index in [2.05, 4.69) is 10.9 Å². The molecule has 0 heterocycles. The van der Waals surface area contributed by atoms with Crippen molar-refractivity contribution in [2.45, 2.75) is 6.42 Å². The number of benzene rings is 1. The molecule has 1 amide bonds. The van der Waals surface area contributed by atoms with Crippen LogP contribution in [-0.4, -0.2) is 41.8 Å². The highest BCUT2D eigenvalue weighted by atomic mass is 16.5. The van der Waals surface area contributed by atoms with Crippen LogP contribution in [0.5, 0.6) is 11.5 Å². The third kappa shape index (κ3) is 6.85. The van der Waals surface area contributed by atoms with Gasteiger partial charge in [-0.05, 0) is 30.3 Å². The first-order chi connectivity index (χ1) is 10.9. The molecule has 0 atom stereocenters. The van der Waals surface area contributed by atoms with Gasteiger partial charge in [-0.15, -0.1) is 0 Å². The number of rotatable bonds is 9. The maximum atomic E-state index is 11.5. The smallest absolute Gasteiger partial charge is 0.353 e. The summed E-state index contributed by atoms with van der Waals surface area (Å²) < 4.78 is 10.2. The Morgan fingerprint density at radius 2 is 1.70 bits per heavy atom. The number of carboxylic acids is 2. The summed E-state index contributed by atoms with van der Waals surface area (Å²) in [6.45, 7) is -0.356. The predicted octanol–water partition coefficient (Wildman–Crippen LogP) is 0.138. The zero-order valence-corrected chi connectivity index (χ0v) is 12.2. The van der Waals surface area contributed by atoms with Crippen molar-refractivity contribution in [1.29, 1.82) is 0 Å². The zero-order valence-electron chi connectivity index (χ0n) is 12.2. The van der Waals surface area contributed by atoms with E-state index in [4.69, 9.17) is 19.7 Å². The number of hydrogen-bond donors (Lipinski definition) is 4. The minimum absolute atomic E-state index is 0.356. The molecule has 0 fully saturated rings. The van der Waals surface area contributed by atoms with E-state index in [0.29, 0.717) is 11.5 Å². The molecule has 1 aromatic rings. The van der Waals surface area contributed by atoms with Gasteiger partial charge < -0.3 is 19.7 Å². The molecule has 9 heteroatoms. The molecule has 23 heavy (non-hydrogen) atoms. The molecular formula is C14H16N2O7. The van der Waals surface area contributed by atoms with E-state index in [0.717, 1.165) is 6.08 Å². The summed E-state index contributed by atoms with van der Waals surface area (Å²) in [5.41, 5.74) is 3.77. The molecule has 0 spiro atoms. The fourth-order valence-electron chi connectivity index (χ4n) is 1.38. The Hall–Kier alpha value is -3.23. The molecule has 0 saturated heterocycles. The number of aliphatic carboxylic acids is 2. The molecule has 0 aromatic heterocycles. The van der Waals surface area contributed by atoms with Crippen LogP contribution >= 0.6 is 0 Å². The van der Waals surface area contributed by atoms with Crippen molar-refractivity contribution < 1.29 is 34.1 Å². The number of carboxylic acid groups (broad SMARTS) is 2. The second kappa shape index (κ2) is 8.93. The first-order valence-corrected chi connectivity index (χ1v) is 6.39. The standard InChI is InChI=1S/C14H16N2O7/c1-22-9-2-4-10(5-3-9)23-8-12(17)16-15-11(14(20)21)6-7-13(18)19/h2-6,15H,7-8H2,1H3,(H,16,17)(H,18,19)(H,20,21). The van der Waals surface area contributed by atoms with Gasteiger partial charge in [0.1, 0.15) is 17.2 Å². The van der Waals surface area contributed by atoms with E-state index in [1.165, 1.54) is 7.11 Å². The number of carbonyl (C=O) groups is 3. The van der Waals surface area contributed by atoms with Gasteiger partial charge >= 0.3 is 11.9 Å². The highest BCUT2D eigenvalue weighted by Crippen LogP contribution is 2.16. The lowest BCUT2D eigenvalue weighted by molar-refractivity contribution is -0.136. The van der Waals surface area contributed by atoms with E-state index in [9.17, 15) is 14.4 Å². The van der Waals surface area contributed by atoms with Gasteiger partial charge in [-0.1, -0.05) is 0 Å². The summed E-state index contributed by atoms with van der Waals surface area (Å²) in [5, 5.41) is 17.3. The van der Waals surface area contributed by atoms with Gasteiger partial charge in [-0.25, -0.2) is 4.79 Å². The first kappa shape index (κ1) is 17.8. The summed E-state index contributed by atoms with van der Waals surface area (Å²) in [7, 11) is 1.52. The van der Waals surface area contributed by atoms with Crippen molar-refractivity contribution in [2.75, 3.05) is 13.7 Å². The molecule has 1 rings (SSSR count). The second-order valence-corrected chi connectivity index (χ2v) is 4.16. The van der Waals surface area contributed by atoms with Crippen LogP contribution in [-0.2, 0) is 14.4 Å². The summed E-state index contributed by atoms with van der Waals surface area (Å²) in [4.78, 5) is 32.8. The molecule has 1 aromatic carbocycles. The molecule has 4 N–H and O–H groups in total. The normalized spacial score (nSPS) is 10.6. The van der Waals surface area contributed by atoms with Gasteiger partial charge in [0.05, 0.1) is 13.5 Å². The first-order valence-electron chi connectivity index (χ1n) is 6.39. The van der Waals surface area contributed by atoms with Crippen LogP contribution in [0.15, 0.2) is 36.0 Å². The SMILES string of the molecule is COc1ccc(OCC(=O)NNC(=CCC(=O)O)C(=O)O)cc1. The number of amides is 1. The van der Waals surface area contributed by atoms with Crippen molar-refractivity contribution in [3.05, 3.63) is 36.0 Å². The minimum Gasteiger partial charge on any atom is -0.497 e. The van der Waals surface area contributed by atoms with Gasteiger partial charge in [-0.3, -0.25) is 20.4 Å². The Morgan fingerprint density at radius 1 is 1.09 bits per heavy atom. The van der Waals surface area contributed by atoms with E-state index in [-0.39, 0.29) is 6.61 Å². The summed E-state index contributed by atoms with van der Waals surface area (Å²) in [5.74, 6) is -2.16. The summed E-state index contributed by atoms with van der Waals surface area (Å²) >= 11 is 0. The molecule has 0 unspecified atom stereocenters. The maximum Gasteiger partial charge on any atom is 0.353 e. The van der Waals surface area contributed by atoms with Crippen LogP contribution in [0.2, 0.25) is 0 Å². The van der Waals surface area contributed by atoms with E-state index >= 15 is 0 Å². The molecule has 0 aliphatic heterocycles. The molecule has 124 valence electrons. The number of carbonyl (C=O) groups excluding carboxylic acids is 1. The van der Waals surface area contributed by atoms with Crippen LogP contribution in [0.25, 0.3) is 0 Å². The molecule has 9 nitrogen and oxygen atoms in total. The van der Waals surface area contributed by atoms with E-state index in [1.54, 1.807) is 24.3 Å². The van der Waals surface area contributed by atoms with Crippen LogP contribution in [0.1, 0.15) is 6.42 Å². The van der Waals surface area contributed by atoms with Gasteiger partial charge in [0.25, 0.3) is 5.91 Å². The van der Waals surface area contributed by atoms with Crippen LogP contribution < -0.4 is 20.3 Å². The largest absolute Gasteiger partial charge is 0.497 e. The Kier molecular flexibility index (Phi) is 6.92. The second-order valence-electron chi connectivity index (χ2n) is 4.16. The topological polar surface area (TPSA) is 134 Å². The fraction of sp³-hybridized carbons (Fsp3) is 0.214. The minimum atomic E-state index is -1.40. The fourth-order valence-corrected chi connectivity index (χ4v) is 1.38. The molecular weight excluding hydrogens is 308 g/mol. The molecule has 0 radical (unpaired) electrons. The number of hydrazine groups is 1. The zero-order chi connectivity index (χ0) is 17.2. The Labute approximate surface area is 131 Å². The average molecular weight is 324 g/mol. The van der Waals surface area contributed by atoms with Crippen molar-refractivity contribution in [2.24, 2.45) is 0 Å². The summed E-state index contributed by atoms with van der Waals surface area (Å²) in [6.07, 6.45) is 0.433. The van der Waals surface area contributed by atoms with Crippen molar-refractivity contribution in [3.63, 3.8) is 0 Å². The van der Waals surface area contributed by atoms with E-state index < -0.39 is 30.0 Å². The van der Waals surface area contributed by atoms with Crippen LogP contribution in [0, 0.1) is 0 Å². The van der Waals surface area contributed by atoms with Crippen LogP contribution in [0.4, 0.5) is 0 Å². The molecule has 0 bridgehead atoms. The third-order valence-electron chi connectivity index (χ3n) is 2.48. The summed E-state index contributed by atoms with van der Waals surface area (Å²) in [6, 6.07) is 6.52. The molecule has 0 saturated carbocycles. The molecule has 0 aliphatic rings. The van der Waals surface area contributed by atoms with Gasteiger partial charge in [0, 0.05) is 0 Å². The van der Waals surface area contributed by atoms with Crippen LogP contribution in [0.3, 0.4) is 0 Å². The van der Waals surface area contributed by atoms with Gasteiger partial charge in [-0.2, -0.15) is 0 Å². The lowest BCUT2D eigenvalue weighted by Gasteiger charge is -2.10. The highest BCUT2D eigenvalue weighted by Gasteiger charge is 2.10. The Balaban J connectivity index is 2.44. The number of methoxy groups -OCH3 is 1. The predicted molar refractivity (Wildman–Crippen MR) is 77.7 cm³/mol. The average Bonchev–Trinajstić information content (AvgIpc) is 2.52. The Bertz CT molecular complexity index is 596. The van der Waals surface area contributed by atoms with Gasteiger partial charge in [0.2, 0.25) is 0 Å². The lowest BCUT2D eigenvalue weighted by atomic mass is 10.3. The van der Waals surface area contributed by atoms with Gasteiger partial charge in [0.15, 0.2) is 6.61 Å². The molecule has 0 aliphatic carbocycles.